The number of imidazole rings is 1. The van der Waals surface area contributed by atoms with Crippen LogP contribution in [0.15, 0.2) is 24.5 Å². The zero-order chi connectivity index (χ0) is 12.8. The van der Waals surface area contributed by atoms with Crippen LogP contribution in [0.5, 0.6) is 0 Å². The monoisotopic (exact) mass is 253 g/mol. The minimum absolute atomic E-state index is 0.381. The van der Waals surface area contributed by atoms with E-state index in [4.69, 9.17) is 0 Å². The maximum atomic E-state index is 12.4. The molecule has 0 bridgehead atoms. The van der Waals surface area contributed by atoms with Gasteiger partial charge in [-0.05, 0) is 6.07 Å². The predicted molar refractivity (Wildman–Crippen MR) is 48.9 cm³/mol. The van der Waals surface area contributed by atoms with E-state index in [1.165, 1.54) is 0 Å². The summed E-state index contributed by atoms with van der Waals surface area (Å²) in [6.45, 7) is -5.24. The summed E-state index contributed by atoms with van der Waals surface area (Å²) in [6, 6.07) is 1.31. The molecule has 0 atom stereocenters. The fraction of sp³-hybridized carbons (Fsp3) is 0.125. The van der Waals surface area contributed by atoms with E-state index < -0.39 is 24.3 Å². The minimum Gasteiger partial charge on any atom is -0.445 e. The lowest BCUT2D eigenvalue weighted by molar-refractivity contribution is -0.140. The lowest BCUT2D eigenvalue weighted by Crippen LogP contribution is -2.34. The molecule has 0 radical (unpaired) electrons. The van der Waals surface area contributed by atoms with Crippen molar-refractivity contribution in [2.45, 2.75) is 6.18 Å². The van der Waals surface area contributed by atoms with E-state index in [-0.39, 0.29) is 5.65 Å². The number of hydrogen-bond donors (Lipinski definition) is 0. The Labute approximate surface area is 90.9 Å². The molecule has 2 nitrogen and oxygen atoms in total. The molecule has 9 heteroatoms. The third-order valence-electron chi connectivity index (χ3n) is 2.15. The molecule has 0 N–H and O–H groups in total. The number of fused-ring (bicyclic) bond motifs is 1. The summed E-state index contributed by atoms with van der Waals surface area (Å²) in [5.74, 6) is 0. The van der Waals surface area contributed by atoms with Crippen molar-refractivity contribution < 1.29 is 26.1 Å². The van der Waals surface area contributed by atoms with Crippen LogP contribution in [0.1, 0.15) is 5.69 Å². The Bertz CT molecular complexity index is 543. The fourth-order valence-electron chi connectivity index (χ4n) is 1.34. The molecule has 0 unspecified atom stereocenters. The van der Waals surface area contributed by atoms with Crippen LogP contribution < -0.4 is 5.46 Å². The van der Waals surface area contributed by atoms with Gasteiger partial charge in [0.25, 0.3) is 0 Å². The summed E-state index contributed by atoms with van der Waals surface area (Å²) in [5, 5.41) is 0. The average molecular weight is 253 g/mol. The van der Waals surface area contributed by atoms with E-state index in [9.17, 15) is 26.1 Å². The van der Waals surface area contributed by atoms with Gasteiger partial charge in [0.1, 0.15) is 5.65 Å². The van der Waals surface area contributed by atoms with Gasteiger partial charge < -0.3 is 17.3 Å². The van der Waals surface area contributed by atoms with Crippen LogP contribution in [0, 0.1) is 0 Å². The first-order valence-electron chi connectivity index (χ1n) is 4.44. The van der Waals surface area contributed by atoms with Crippen LogP contribution in [-0.2, 0) is 6.18 Å². The molecule has 0 aliphatic carbocycles. The van der Waals surface area contributed by atoms with Gasteiger partial charge in [-0.25, -0.2) is 4.98 Å². The molecule has 0 saturated heterocycles. The van der Waals surface area contributed by atoms with E-state index in [0.717, 1.165) is 16.7 Å². The van der Waals surface area contributed by atoms with Crippen molar-refractivity contribution in [1.82, 2.24) is 9.38 Å². The van der Waals surface area contributed by atoms with Crippen molar-refractivity contribution in [2.75, 3.05) is 0 Å². The van der Waals surface area contributed by atoms with Gasteiger partial charge in [-0.3, -0.25) is 0 Å². The highest BCUT2D eigenvalue weighted by Crippen LogP contribution is 2.28. The molecule has 2 aromatic rings. The topological polar surface area (TPSA) is 17.3 Å². The first-order valence-corrected chi connectivity index (χ1v) is 4.44. The van der Waals surface area contributed by atoms with E-state index in [1.54, 1.807) is 0 Å². The van der Waals surface area contributed by atoms with Crippen molar-refractivity contribution >= 4 is 18.1 Å². The Balaban J connectivity index is 2.56. The number of pyridine rings is 1. The first kappa shape index (κ1) is 11.8. The highest BCUT2D eigenvalue weighted by molar-refractivity contribution is 6.73. The van der Waals surface area contributed by atoms with Gasteiger partial charge in [0.2, 0.25) is 0 Å². The summed E-state index contributed by atoms with van der Waals surface area (Å²) in [7, 11) is 0. The molecule has 0 aliphatic heterocycles. The standard InChI is InChI=1S/C8H4BF6N2/c10-8(11,12)6-4-17-2-1-5(9(13,14)15)3-7(17)16-6/h1-4H/q-1. The summed E-state index contributed by atoms with van der Waals surface area (Å²) >= 11 is 0. The quantitative estimate of drug-likeness (QED) is 0.563. The van der Waals surface area contributed by atoms with E-state index in [1.807, 2.05) is 0 Å². The molecule has 0 spiro atoms. The molecule has 0 aromatic carbocycles. The summed E-state index contributed by atoms with van der Waals surface area (Å²) in [4.78, 5) is 3.11. The van der Waals surface area contributed by atoms with Gasteiger partial charge in [0.15, 0.2) is 5.69 Å². The maximum absolute atomic E-state index is 12.4. The van der Waals surface area contributed by atoms with Crippen LogP contribution in [0.4, 0.5) is 26.1 Å². The van der Waals surface area contributed by atoms with E-state index in [0.29, 0.717) is 12.3 Å². The summed E-state index contributed by atoms with van der Waals surface area (Å²) < 4.78 is 74.8. The molecule has 0 aliphatic rings. The molecular formula is C8H4BF6N2-. The predicted octanol–water partition coefficient (Wildman–Crippen LogP) is 2.41. The minimum atomic E-state index is -5.24. The van der Waals surface area contributed by atoms with Gasteiger partial charge in [-0.15, -0.1) is 5.46 Å². The van der Waals surface area contributed by atoms with Crippen LogP contribution in [-0.4, -0.2) is 16.4 Å². The zero-order valence-corrected chi connectivity index (χ0v) is 8.05. The molecule has 2 aromatic heterocycles. The van der Waals surface area contributed by atoms with Crippen LogP contribution in [0.2, 0.25) is 0 Å². The van der Waals surface area contributed by atoms with Gasteiger partial charge in [-0.1, -0.05) is 6.07 Å². The van der Waals surface area contributed by atoms with Gasteiger partial charge in [0, 0.05) is 12.4 Å². The fourth-order valence-corrected chi connectivity index (χ4v) is 1.34. The second-order valence-corrected chi connectivity index (χ2v) is 3.42. The van der Waals surface area contributed by atoms with Crippen LogP contribution >= 0.6 is 0 Å². The Morgan fingerprint density at radius 1 is 1.18 bits per heavy atom. The van der Waals surface area contributed by atoms with Gasteiger partial charge in [-0.2, -0.15) is 13.2 Å². The van der Waals surface area contributed by atoms with Crippen LogP contribution in [0.3, 0.4) is 0 Å². The van der Waals surface area contributed by atoms with Crippen LogP contribution in [0.25, 0.3) is 5.65 Å². The molecule has 0 fully saturated rings. The Morgan fingerprint density at radius 3 is 2.35 bits per heavy atom. The largest absolute Gasteiger partial charge is 0.509 e. The summed E-state index contributed by atoms with van der Waals surface area (Å²) in [5.41, 5.74) is -2.57. The van der Waals surface area contributed by atoms with Crippen molar-refractivity contribution in [3.63, 3.8) is 0 Å². The Morgan fingerprint density at radius 2 is 1.82 bits per heavy atom. The third kappa shape index (κ3) is 2.22. The third-order valence-corrected chi connectivity index (χ3v) is 2.15. The molecule has 17 heavy (non-hydrogen) atoms. The molecule has 2 rings (SSSR count). The maximum Gasteiger partial charge on any atom is 0.509 e. The number of nitrogens with zero attached hydrogens (tertiary/aromatic N) is 2. The normalized spacial score (nSPS) is 13.3. The Kier molecular flexibility index (Phi) is 2.37. The molecule has 92 valence electrons. The van der Waals surface area contributed by atoms with E-state index >= 15 is 0 Å². The first-order chi connectivity index (χ1) is 7.68. The highest BCUT2D eigenvalue weighted by Gasteiger charge is 2.34. The van der Waals surface area contributed by atoms with Gasteiger partial charge >= 0.3 is 13.2 Å². The molecule has 2 heterocycles. The zero-order valence-electron chi connectivity index (χ0n) is 8.05. The average Bonchev–Trinajstić information content (AvgIpc) is 2.57. The summed E-state index contributed by atoms with van der Waals surface area (Å²) in [6.07, 6.45) is -3.12. The number of hydrogen-bond acceptors (Lipinski definition) is 1. The van der Waals surface area contributed by atoms with Crippen molar-refractivity contribution in [3.05, 3.63) is 30.2 Å². The number of rotatable bonds is 1. The van der Waals surface area contributed by atoms with Crippen molar-refractivity contribution in [2.24, 2.45) is 0 Å². The lowest BCUT2D eigenvalue weighted by atomic mass is 9.81. The second-order valence-electron chi connectivity index (χ2n) is 3.42. The smallest absolute Gasteiger partial charge is 0.445 e. The van der Waals surface area contributed by atoms with Crippen molar-refractivity contribution in [3.8, 4) is 0 Å². The number of alkyl halides is 3. The molecular weight excluding hydrogens is 249 g/mol. The SMILES string of the molecule is F[B-](F)(F)c1ccn2cc(C(F)(F)F)nc2c1. The second kappa shape index (κ2) is 3.41. The number of halogens is 6. The highest BCUT2D eigenvalue weighted by atomic mass is 19.4. The Hall–Kier alpha value is -1.67. The van der Waals surface area contributed by atoms with E-state index in [2.05, 4.69) is 4.98 Å². The lowest BCUT2D eigenvalue weighted by Gasteiger charge is -2.14. The molecule has 0 amide bonds. The molecule has 0 saturated carbocycles. The van der Waals surface area contributed by atoms with Crippen molar-refractivity contribution in [1.29, 1.82) is 0 Å². The van der Waals surface area contributed by atoms with Gasteiger partial charge in [0.05, 0.1) is 0 Å². The number of aromatic nitrogens is 2.